The van der Waals surface area contributed by atoms with Gasteiger partial charge in [0.2, 0.25) is 0 Å². The molecule has 0 aliphatic heterocycles. The van der Waals surface area contributed by atoms with Gasteiger partial charge in [0.15, 0.2) is 18.1 Å². The van der Waals surface area contributed by atoms with Crippen molar-refractivity contribution in [3.8, 4) is 23.3 Å². The van der Waals surface area contributed by atoms with Crippen LogP contribution in [0.2, 0.25) is 0 Å². The quantitative estimate of drug-likeness (QED) is 0.291. The van der Waals surface area contributed by atoms with Crippen LogP contribution < -0.4 is 24.8 Å². The lowest BCUT2D eigenvalue weighted by Crippen LogP contribution is -2.20. The molecule has 3 aromatic rings. The molecule has 0 aliphatic rings. The molecule has 0 saturated carbocycles. The predicted molar refractivity (Wildman–Crippen MR) is 138 cm³/mol. The largest absolute Gasteiger partial charge is 0.494 e. The van der Waals surface area contributed by atoms with Crippen molar-refractivity contribution in [2.24, 2.45) is 0 Å². The summed E-state index contributed by atoms with van der Waals surface area (Å²) in [5.41, 5.74) is 1.70. The van der Waals surface area contributed by atoms with Crippen molar-refractivity contribution in [1.29, 1.82) is 5.26 Å². The normalized spacial score (nSPS) is 10.6. The molecule has 8 nitrogen and oxygen atoms in total. The molecule has 0 radical (unpaired) electrons. The topological polar surface area (TPSA) is 110 Å². The number of rotatable bonds is 11. The molecule has 3 aromatic carbocycles. The number of carbonyl (C=O) groups excluding carboxylic acids is 2. The molecule has 0 bridgehead atoms. The number of hydrogen-bond acceptors (Lipinski definition) is 6. The fraction of sp³-hybridized carbons (Fsp3) is 0.179. The molecule has 2 amide bonds. The number of nitrogens with zero attached hydrogens (tertiary/aromatic N) is 1. The van der Waals surface area contributed by atoms with Gasteiger partial charge in [-0.05, 0) is 74.0 Å². The molecule has 36 heavy (non-hydrogen) atoms. The zero-order chi connectivity index (χ0) is 25.8. The Bertz CT molecular complexity index is 1250. The Morgan fingerprint density at radius 1 is 0.833 bits per heavy atom. The average Bonchev–Trinajstić information content (AvgIpc) is 2.89. The highest BCUT2D eigenvalue weighted by Crippen LogP contribution is 2.29. The van der Waals surface area contributed by atoms with E-state index < -0.39 is 5.91 Å². The summed E-state index contributed by atoms with van der Waals surface area (Å²) in [4.78, 5) is 24.8. The summed E-state index contributed by atoms with van der Waals surface area (Å²) < 4.78 is 16.7. The second-order valence-electron chi connectivity index (χ2n) is 7.42. The lowest BCUT2D eigenvalue weighted by Gasteiger charge is -2.13. The van der Waals surface area contributed by atoms with Crippen LogP contribution in [0.15, 0.2) is 78.4 Å². The summed E-state index contributed by atoms with van der Waals surface area (Å²) in [7, 11) is 0. The lowest BCUT2D eigenvalue weighted by molar-refractivity contribution is -0.118. The Hall–Kier alpha value is -4.77. The van der Waals surface area contributed by atoms with Crippen LogP contribution >= 0.6 is 0 Å². The van der Waals surface area contributed by atoms with Crippen molar-refractivity contribution in [3.63, 3.8) is 0 Å². The highest BCUT2D eigenvalue weighted by Gasteiger charge is 2.13. The zero-order valence-corrected chi connectivity index (χ0v) is 20.1. The van der Waals surface area contributed by atoms with Gasteiger partial charge in [0.1, 0.15) is 17.4 Å². The number of benzene rings is 3. The maximum Gasteiger partial charge on any atom is 0.266 e. The second kappa shape index (κ2) is 13.2. The van der Waals surface area contributed by atoms with Crippen LogP contribution in [0.5, 0.6) is 17.2 Å². The Morgan fingerprint density at radius 2 is 1.53 bits per heavy atom. The Balaban J connectivity index is 1.68. The zero-order valence-electron chi connectivity index (χ0n) is 20.1. The monoisotopic (exact) mass is 485 g/mol. The van der Waals surface area contributed by atoms with Crippen molar-refractivity contribution in [2.75, 3.05) is 30.5 Å². The number of anilines is 2. The summed E-state index contributed by atoms with van der Waals surface area (Å²) in [5.74, 6) is 0.593. The van der Waals surface area contributed by atoms with Crippen molar-refractivity contribution in [2.45, 2.75) is 13.8 Å². The second-order valence-corrected chi connectivity index (χ2v) is 7.42. The number of ether oxygens (including phenoxy) is 3. The number of nitriles is 1. The molecule has 0 aliphatic carbocycles. The van der Waals surface area contributed by atoms with E-state index in [9.17, 15) is 14.9 Å². The molecule has 2 N–H and O–H groups in total. The third-order valence-electron chi connectivity index (χ3n) is 4.78. The maximum atomic E-state index is 12.6. The first-order valence-corrected chi connectivity index (χ1v) is 11.4. The average molecular weight is 486 g/mol. The highest BCUT2D eigenvalue weighted by atomic mass is 16.5. The van der Waals surface area contributed by atoms with E-state index in [2.05, 4.69) is 10.6 Å². The van der Waals surface area contributed by atoms with Crippen LogP contribution in [-0.2, 0) is 9.59 Å². The summed E-state index contributed by atoms with van der Waals surface area (Å²) in [5, 5.41) is 15.0. The molecule has 0 atom stereocenters. The van der Waals surface area contributed by atoms with Crippen LogP contribution in [0, 0.1) is 11.3 Å². The summed E-state index contributed by atoms with van der Waals surface area (Å²) in [6.45, 7) is 4.40. The lowest BCUT2D eigenvalue weighted by atomic mass is 10.1. The SMILES string of the molecule is CCOc1ccc(NC(=O)/C(C#N)=C/c2ccc(OCC(=O)Nc3ccccc3)c(OCC)c2)cc1. The molecular formula is C28H27N3O5. The van der Waals surface area contributed by atoms with Crippen LogP contribution in [0.1, 0.15) is 19.4 Å². The standard InChI is InChI=1S/C28H27N3O5/c1-3-34-24-13-11-23(12-14-24)31-28(33)21(18-29)16-20-10-15-25(26(17-20)35-4-2)36-19-27(32)30-22-8-6-5-7-9-22/h5-17H,3-4,19H2,1-2H3,(H,30,32)(H,31,33)/b21-16+. The minimum atomic E-state index is -0.544. The third kappa shape index (κ3) is 7.64. The Labute approximate surface area is 210 Å². The first-order valence-electron chi connectivity index (χ1n) is 11.4. The first-order chi connectivity index (χ1) is 17.5. The molecule has 0 unspecified atom stereocenters. The van der Waals surface area contributed by atoms with E-state index in [1.807, 2.05) is 38.1 Å². The van der Waals surface area contributed by atoms with Gasteiger partial charge < -0.3 is 24.8 Å². The minimum Gasteiger partial charge on any atom is -0.494 e. The molecule has 8 heteroatoms. The molecule has 0 heterocycles. The van der Waals surface area contributed by atoms with E-state index in [4.69, 9.17) is 14.2 Å². The third-order valence-corrected chi connectivity index (χ3v) is 4.78. The summed E-state index contributed by atoms with van der Waals surface area (Å²) in [6.07, 6.45) is 1.46. The van der Waals surface area contributed by atoms with Gasteiger partial charge in [0.05, 0.1) is 13.2 Å². The number of para-hydroxylation sites is 1. The molecule has 184 valence electrons. The van der Waals surface area contributed by atoms with E-state index in [0.717, 1.165) is 0 Å². The molecule has 0 spiro atoms. The van der Waals surface area contributed by atoms with Gasteiger partial charge in [-0.3, -0.25) is 9.59 Å². The van der Waals surface area contributed by atoms with Gasteiger partial charge in [-0.25, -0.2) is 0 Å². The van der Waals surface area contributed by atoms with Crippen LogP contribution in [0.3, 0.4) is 0 Å². The van der Waals surface area contributed by atoms with Crippen molar-refractivity contribution in [3.05, 3.63) is 83.9 Å². The number of carbonyl (C=O) groups is 2. The fourth-order valence-electron chi connectivity index (χ4n) is 3.18. The van der Waals surface area contributed by atoms with E-state index >= 15 is 0 Å². The highest BCUT2D eigenvalue weighted by molar-refractivity contribution is 6.09. The van der Waals surface area contributed by atoms with Gasteiger partial charge in [0.25, 0.3) is 11.8 Å². The molecule has 0 aromatic heterocycles. The number of hydrogen-bond donors (Lipinski definition) is 2. The summed E-state index contributed by atoms with van der Waals surface area (Å²) >= 11 is 0. The minimum absolute atomic E-state index is 0.0813. The fourth-order valence-corrected chi connectivity index (χ4v) is 3.18. The van der Waals surface area contributed by atoms with Crippen molar-refractivity contribution >= 4 is 29.3 Å². The smallest absolute Gasteiger partial charge is 0.266 e. The molecule has 0 saturated heterocycles. The van der Waals surface area contributed by atoms with Crippen molar-refractivity contribution < 1.29 is 23.8 Å². The van der Waals surface area contributed by atoms with E-state index in [-0.39, 0.29) is 18.1 Å². The first kappa shape index (κ1) is 25.8. The molecular weight excluding hydrogens is 458 g/mol. The number of amides is 2. The predicted octanol–water partition coefficient (Wildman–Crippen LogP) is 5.05. The van der Waals surface area contributed by atoms with Gasteiger partial charge in [-0.1, -0.05) is 24.3 Å². The molecule has 3 rings (SSSR count). The Kier molecular flexibility index (Phi) is 9.48. The molecule has 0 fully saturated rings. The van der Waals surface area contributed by atoms with Gasteiger partial charge in [-0.2, -0.15) is 5.26 Å². The van der Waals surface area contributed by atoms with Crippen LogP contribution in [0.25, 0.3) is 6.08 Å². The Morgan fingerprint density at radius 3 is 2.19 bits per heavy atom. The van der Waals surface area contributed by atoms with Crippen LogP contribution in [0.4, 0.5) is 11.4 Å². The summed E-state index contributed by atoms with van der Waals surface area (Å²) in [6, 6.07) is 22.8. The van der Waals surface area contributed by atoms with Crippen LogP contribution in [-0.4, -0.2) is 31.6 Å². The maximum absolute atomic E-state index is 12.6. The van der Waals surface area contributed by atoms with E-state index in [1.165, 1.54) is 6.08 Å². The van der Waals surface area contributed by atoms with Gasteiger partial charge in [0, 0.05) is 11.4 Å². The van der Waals surface area contributed by atoms with Gasteiger partial charge in [-0.15, -0.1) is 0 Å². The van der Waals surface area contributed by atoms with E-state index in [0.29, 0.717) is 47.4 Å². The van der Waals surface area contributed by atoms with Gasteiger partial charge >= 0.3 is 0 Å². The van der Waals surface area contributed by atoms with Crippen molar-refractivity contribution in [1.82, 2.24) is 0 Å². The van der Waals surface area contributed by atoms with E-state index in [1.54, 1.807) is 54.6 Å². The number of nitrogens with one attached hydrogen (secondary N) is 2.